The lowest BCUT2D eigenvalue weighted by atomic mass is 9.95. The summed E-state index contributed by atoms with van der Waals surface area (Å²) in [6.07, 6.45) is 5.58. The second kappa shape index (κ2) is 6.07. The van der Waals surface area contributed by atoms with Crippen LogP contribution >= 0.6 is 0 Å². The number of benzene rings is 1. The van der Waals surface area contributed by atoms with E-state index in [4.69, 9.17) is 6.42 Å². The maximum absolute atomic E-state index is 5.58. The highest BCUT2D eigenvalue weighted by atomic mass is 14.9. The summed E-state index contributed by atoms with van der Waals surface area (Å²) in [5, 5.41) is 3.53. The first-order valence-electron chi connectivity index (χ1n) is 6.66. The van der Waals surface area contributed by atoms with Crippen LogP contribution in [-0.2, 0) is 0 Å². The maximum atomic E-state index is 5.58. The van der Waals surface area contributed by atoms with Crippen LogP contribution in [0.4, 0.5) is 0 Å². The SMILES string of the molecule is C#CC(NC(C)c1cc(C)c(C)cc1C)C(C)C. The molecule has 0 radical (unpaired) electrons. The number of hydrogen-bond acceptors (Lipinski definition) is 1. The Morgan fingerprint density at radius 2 is 1.56 bits per heavy atom. The average molecular weight is 243 g/mol. The molecule has 0 saturated heterocycles. The van der Waals surface area contributed by atoms with E-state index in [0.717, 1.165) is 0 Å². The molecule has 0 amide bonds. The minimum atomic E-state index is 0.126. The normalized spacial score (nSPS) is 14.3. The van der Waals surface area contributed by atoms with Gasteiger partial charge in [-0.05, 0) is 55.9 Å². The summed E-state index contributed by atoms with van der Waals surface area (Å²) in [7, 11) is 0. The third kappa shape index (κ3) is 3.37. The van der Waals surface area contributed by atoms with Gasteiger partial charge in [0.1, 0.15) is 0 Å². The van der Waals surface area contributed by atoms with Gasteiger partial charge in [-0.15, -0.1) is 6.42 Å². The van der Waals surface area contributed by atoms with Crippen LogP contribution in [0.5, 0.6) is 0 Å². The first-order valence-corrected chi connectivity index (χ1v) is 6.66. The van der Waals surface area contributed by atoms with Crippen molar-refractivity contribution in [2.45, 2.75) is 53.6 Å². The Morgan fingerprint density at radius 3 is 2.06 bits per heavy atom. The molecule has 0 aromatic heterocycles. The predicted octanol–water partition coefficient (Wildman–Crippen LogP) is 3.92. The fourth-order valence-corrected chi connectivity index (χ4v) is 2.24. The van der Waals surface area contributed by atoms with E-state index < -0.39 is 0 Å². The molecule has 1 nitrogen and oxygen atoms in total. The van der Waals surface area contributed by atoms with Crippen LogP contribution in [0.25, 0.3) is 0 Å². The van der Waals surface area contributed by atoms with E-state index in [1.165, 1.54) is 22.3 Å². The molecule has 0 aliphatic rings. The van der Waals surface area contributed by atoms with Crippen molar-refractivity contribution in [2.75, 3.05) is 0 Å². The molecule has 18 heavy (non-hydrogen) atoms. The minimum absolute atomic E-state index is 0.126. The number of nitrogens with one attached hydrogen (secondary N) is 1. The third-order valence-corrected chi connectivity index (χ3v) is 3.62. The van der Waals surface area contributed by atoms with Crippen LogP contribution in [0.3, 0.4) is 0 Å². The standard InChI is InChI=1S/C17H25N/c1-8-17(11(2)3)18-15(7)16-10-13(5)12(4)9-14(16)6/h1,9-11,15,17-18H,2-7H3. The molecule has 0 heterocycles. The Bertz CT molecular complexity index is 451. The molecule has 0 aliphatic carbocycles. The van der Waals surface area contributed by atoms with Crippen molar-refractivity contribution in [1.82, 2.24) is 5.32 Å². The molecule has 1 rings (SSSR count). The number of terminal acetylenes is 1. The van der Waals surface area contributed by atoms with Gasteiger partial charge in [0.2, 0.25) is 0 Å². The molecule has 0 bridgehead atoms. The molecule has 0 aliphatic heterocycles. The highest BCUT2D eigenvalue weighted by Gasteiger charge is 2.16. The van der Waals surface area contributed by atoms with Gasteiger partial charge >= 0.3 is 0 Å². The molecular weight excluding hydrogens is 218 g/mol. The first kappa shape index (κ1) is 14.8. The Hall–Kier alpha value is -1.26. The maximum Gasteiger partial charge on any atom is 0.0714 e. The Morgan fingerprint density at radius 1 is 1.00 bits per heavy atom. The van der Waals surface area contributed by atoms with Gasteiger partial charge in [-0.3, -0.25) is 5.32 Å². The fraction of sp³-hybridized carbons (Fsp3) is 0.529. The minimum Gasteiger partial charge on any atom is -0.297 e. The van der Waals surface area contributed by atoms with E-state index in [2.05, 4.69) is 64.9 Å². The van der Waals surface area contributed by atoms with Gasteiger partial charge in [-0.1, -0.05) is 31.9 Å². The summed E-state index contributed by atoms with van der Waals surface area (Å²) in [4.78, 5) is 0. The second-order valence-corrected chi connectivity index (χ2v) is 5.57. The van der Waals surface area contributed by atoms with E-state index in [-0.39, 0.29) is 12.1 Å². The molecule has 2 atom stereocenters. The van der Waals surface area contributed by atoms with E-state index in [1.807, 2.05) is 0 Å². The molecule has 1 heteroatoms. The summed E-state index contributed by atoms with van der Waals surface area (Å²) in [5.74, 6) is 3.28. The van der Waals surface area contributed by atoms with Gasteiger partial charge in [-0.2, -0.15) is 0 Å². The number of aryl methyl sites for hydroxylation is 3. The van der Waals surface area contributed by atoms with E-state index in [0.29, 0.717) is 5.92 Å². The molecule has 98 valence electrons. The molecule has 0 saturated carbocycles. The third-order valence-electron chi connectivity index (χ3n) is 3.62. The van der Waals surface area contributed by atoms with Crippen LogP contribution < -0.4 is 5.32 Å². The molecule has 1 N–H and O–H groups in total. The summed E-state index contributed by atoms with van der Waals surface area (Å²) < 4.78 is 0. The van der Waals surface area contributed by atoms with Crippen LogP contribution in [0, 0.1) is 39.0 Å². The van der Waals surface area contributed by atoms with Crippen LogP contribution in [-0.4, -0.2) is 6.04 Å². The van der Waals surface area contributed by atoms with Gasteiger partial charge in [-0.25, -0.2) is 0 Å². The predicted molar refractivity (Wildman–Crippen MR) is 79.7 cm³/mol. The average Bonchev–Trinajstić information content (AvgIpc) is 2.29. The zero-order valence-corrected chi connectivity index (χ0v) is 12.5. The highest BCUT2D eigenvalue weighted by molar-refractivity contribution is 5.38. The molecule has 1 aromatic carbocycles. The van der Waals surface area contributed by atoms with Gasteiger partial charge in [0.05, 0.1) is 6.04 Å². The summed E-state index contributed by atoms with van der Waals surface area (Å²) in [6, 6.07) is 4.94. The van der Waals surface area contributed by atoms with E-state index in [1.54, 1.807) is 0 Å². The van der Waals surface area contributed by atoms with Crippen LogP contribution in [0.1, 0.15) is 49.1 Å². The molecule has 0 spiro atoms. The number of hydrogen-bond donors (Lipinski definition) is 1. The van der Waals surface area contributed by atoms with Crippen molar-refractivity contribution < 1.29 is 0 Å². The van der Waals surface area contributed by atoms with Crippen LogP contribution in [0.2, 0.25) is 0 Å². The zero-order chi connectivity index (χ0) is 13.9. The second-order valence-electron chi connectivity index (χ2n) is 5.57. The Balaban J connectivity index is 2.94. The first-order chi connectivity index (χ1) is 8.36. The van der Waals surface area contributed by atoms with Gasteiger partial charge in [0.25, 0.3) is 0 Å². The summed E-state index contributed by atoms with van der Waals surface area (Å²) in [6.45, 7) is 13.0. The topological polar surface area (TPSA) is 12.0 Å². The van der Waals surface area contributed by atoms with Crippen molar-refractivity contribution >= 4 is 0 Å². The molecule has 2 unspecified atom stereocenters. The summed E-state index contributed by atoms with van der Waals surface area (Å²) >= 11 is 0. The summed E-state index contributed by atoms with van der Waals surface area (Å²) in [5.41, 5.74) is 5.36. The van der Waals surface area contributed by atoms with E-state index in [9.17, 15) is 0 Å². The Labute approximate surface area is 112 Å². The largest absolute Gasteiger partial charge is 0.297 e. The van der Waals surface area contributed by atoms with E-state index >= 15 is 0 Å². The highest BCUT2D eigenvalue weighted by Crippen LogP contribution is 2.22. The Kier molecular flexibility index (Phi) is 4.99. The molecule has 0 fully saturated rings. The zero-order valence-electron chi connectivity index (χ0n) is 12.5. The number of rotatable bonds is 4. The van der Waals surface area contributed by atoms with Gasteiger partial charge in [0.15, 0.2) is 0 Å². The van der Waals surface area contributed by atoms with Crippen molar-refractivity contribution in [1.29, 1.82) is 0 Å². The van der Waals surface area contributed by atoms with Crippen molar-refractivity contribution in [3.05, 3.63) is 34.4 Å². The quantitative estimate of drug-likeness (QED) is 0.790. The molecular formula is C17H25N. The van der Waals surface area contributed by atoms with Crippen molar-refractivity contribution in [2.24, 2.45) is 5.92 Å². The smallest absolute Gasteiger partial charge is 0.0714 e. The monoisotopic (exact) mass is 243 g/mol. The molecule has 1 aromatic rings. The van der Waals surface area contributed by atoms with Gasteiger partial charge in [0, 0.05) is 6.04 Å². The lowest BCUT2D eigenvalue weighted by Crippen LogP contribution is -2.34. The lowest BCUT2D eigenvalue weighted by molar-refractivity contribution is 0.430. The van der Waals surface area contributed by atoms with Crippen molar-refractivity contribution in [3.8, 4) is 12.3 Å². The van der Waals surface area contributed by atoms with Crippen LogP contribution in [0.15, 0.2) is 12.1 Å². The lowest BCUT2D eigenvalue weighted by Gasteiger charge is -2.24. The fourth-order valence-electron chi connectivity index (χ4n) is 2.24. The van der Waals surface area contributed by atoms with Gasteiger partial charge < -0.3 is 0 Å². The van der Waals surface area contributed by atoms with Crippen molar-refractivity contribution in [3.63, 3.8) is 0 Å².